The maximum atomic E-state index is 13.6. The summed E-state index contributed by atoms with van der Waals surface area (Å²) in [6.07, 6.45) is 7.42. The van der Waals surface area contributed by atoms with Gasteiger partial charge >= 0.3 is 5.97 Å². The number of nitrogens with zero attached hydrogens (tertiary/aromatic N) is 1. The zero-order valence-electron chi connectivity index (χ0n) is 19.8. The zero-order valence-corrected chi connectivity index (χ0v) is 19.8. The fraction of sp³-hybridized carbons (Fsp3) is 0.808. The fourth-order valence-corrected chi connectivity index (χ4v) is 9.34. The summed E-state index contributed by atoms with van der Waals surface area (Å²) in [6.45, 7) is 8.44. The quantitative estimate of drug-likeness (QED) is 0.512. The number of hydrogen-bond donors (Lipinski definition) is 2. The predicted molar refractivity (Wildman–Crippen MR) is 118 cm³/mol. The topological polar surface area (TPSA) is 94.9 Å². The van der Waals surface area contributed by atoms with Crippen LogP contribution in [0.1, 0.15) is 66.2 Å². The van der Waals surface area contributed by atoms with Crippen LogP contribution in [-0.4, -0.2) is 46.0 Å². The molecule has 32 heavy (non-hydrogen) atoms. The van der Waals surface area contributed by atoms with Crippen molar-refractivity contribution in [2.75, 3.05) is 13.2 Å². The normalized spacial score (nSPS) is 47.2. The van der Waals surface area contributed by atoms with Crippen molar-refractivity contribution < 1.29 is 24.6 Å². The summed E-state index contributed by atoms with van der Waals surface area (Å²) in [5.74, 6) is -0.918. The summed E-state index contributed by atoms with van der Waals surface area (Å²) >= 11 is 0. The van der Waals surface area contributed by atoms with Gasteiger partial charge in [0.25, 0.3) is 0 Å². The van der Waals surface area contributed by atoms with Crippen LogP contribution in [0.4, 0.5) is 0 Å². The molecule has 2 N–H and O–H groups in total. The largest absolute Gasteiger partial charge is 0.481 e. The Balaban J connectivity index is 1.65. The molecule has 0 unspecified atom stereocenters. The maximum Gasteiger partial charge on any atom is 0.309 e. The third-order valence-corrected chi connectivity index (χ3v) is 10.6. The number of aliphatic carboxylic acids is 1. The van der Waals surface area contributed by atoms with Gasteiger partial charge < -0.3 is 10.2 Å². The Labute approximate surface area is 190 Å². The van der Waals surface area contributed by atoms with E-state index in [2.05, 4.69) is 26.8 Å². The number of aliphatic hydroxyl groups is 1. The van der Waals surface area contributed by atoms with Crippen molar-refractivity contribution in [3.05, 3.63) is 11.6 Å². The third-order valence-electron chi connectivity index (χ3n) is 10.6. The van der Waals surface area contributed by atoms with Gasteiger partial charge in [-0.15, -0.1) is 0 Å². The average molecular weight is 444 g/mol. The van der Waals surface area contributed by atoms with Crippen LogP contribution in [0.3, 0.4) is 0 Å². The predicted octanol–water partition coefficient (Wildman–Crippen LogP) is 3.49. The van der Waals surface area contributed by atoms with Crippen LogP contribution < -0.4 is 0 Å². The third kappa shape index (κ3) is 2.48. The molecule has 1 aliphatic heterocycles. The lowest BCUT2D eigenvalue weighted by molar-refractivity contribution is -0.194. The van der Waals surface area contributed by atoms with E-state index in [0.717, 1.165) is 32.1 Å². The molecule has 6 rings (SSSR count). The number of amides is 2. The van der Waals surface area contributed by atoms with Gasteiger partial charge in [-0.1, -0.05) is 38.8 Å². The molecule has 6 heteroatoms. The molecular weight excluding hydrogens is 406 g/mol. The molecule has 1 heterocycles. The minimum Gasteiger partial charge on any atom is -0.481 e. The number of β-amino-alcohol motifs (C(OH)–C–C–N with tert-alkyl or cyclic N) is 1. The Morgan fingerprint density at radius 2 is 1.88 bits per heavy atom. The van der Waals surface area contributed by atoms with E-state index in [1.807, 2.05) is 6.92 Å². The lowest BCUT2D eigenvalue weighted by Crippen LogP contribution is -2.65. The number of hydrogen-bond acceptors (Lipinski definition) is 4. The second kappa shape index (κ2) is 6.91. The first-order chi connectivity index (χ1) is 15.0. The molecule has 0 radical (unpaired) electrons. The Morgan fingerprint density at radius 1 is 1.16 bits per heavy atom. The standard InChI is InChI=1S/C26H37NO5/c1-14(2)16-13-26-9-6-17-24(3,7-5-8-25(17,4)23(31)32)18(26)12-15(16)19-20(26)22(30)27(10-11-28)21(19)29/h13-15,17-20,28H,5-12H2,1-4H3,(H,31,32)/t15-,17+,18+,19-,20-,24+,25-,26+/m1/s1. The van der Waals surface area contributed by atoms with Crippen LogP contribution >= 0.6 is 0 Å². The summed E-state index contributed by atoms with van der Waals surface area (Å²) in [6, 6.07) is 0. The highest BCUT2D eigenvalue weighted by Crippen LogP contribution is 2.74. The van der Waals surface area contributed by atoms with Crippen LogP contribution in [-0.2, 0) is 14.4 Å². The number of carboxylic acid groups (broad SMARTS) is 1. The Bertz CT molecular complexity index is 910. The number of rotatable bonds is 4. The number of carbonyl (C=O) groups excluding carboxylic acids is 2. The van der Waals surface area contributed by atoms with Crippen molar-refractivity contribution in [2.24, 2.45) is 51.8 Å². The first-order valence-electron chi connectivity index (χ1n) is 12.4. The average Bonchev–Trinajstić information content (AvgIpc) is 3.00. The molecule has 4 fully saturated rings. The van der Waals surface area contributed by atoms with E-state index in [1.54, 1.807) is 0 Å². The van der Waals surface area contributed by atoms with E-state index in [1.165, 1.54) is 10.5 Å². The van der Waals surface area contributed by atoms with Crippen molar-refractivity contribution in [3.8, 4) is 0 Å². The summed E-state index contributed by atoms with van der Waals surface area (Å²) in [5, 5.41) is 19.7. The maximum absolute atomic E-state index is 13.6. The van der Waals surface area contributed by atoms with E-state index in [9.17, 15) is 24.6 Å². The summed E-state index contributed by atoms with van der Waals surface area (Å²) in [7, 11) is 0. The fourth-order valence-electron chi connectivity index (χ4n) is 9.34. The second-order valence-electron chi connectivity index (χ2n) is 12.0. The van der Waals surface area contributed by atoms with E-state index >= 15 is 0 Å². The molecule has 0 aromatic rings. The molecule has 5 aliphatic carbocycles. The van der Waals surface area contributed by atoms with Gasteiger partial charge in [-0.25, -0.2) is 0 Å². The van der Waals surface area contributed by atoms with Gasteiger partial charge in [-0.2, -0.15) is 0 Å². The van der Waals surface area contributed by atoms with E-state index in [-0.39, 0.29) is 65.4 Å². The monoisotopic (exact) mass is 443 g/mol. The van der Waals surface area contributed by atoms with E-state index in [4.69, 9.17) is 0 Å². The van der Waals surface area contributed by atoms with Crippen LogP contribution in [0.25, 0.3) is 0 Å². The highest BCUT2D eigenvalue weighted by molar-refractivity contribution is 6.06. The molecule has 0 aromatic heterocycles. The summed E-state index contributed by atoms with van der Waals surface area (Å²) < 4.78 is 0. The number of imide groups is 1. The van der Waals surface area contributed by atoms with Crippen molar-refractivity contribution in [1.29, 1.82) is 0 Å². The number of allylic oxidation sites excluding steroid dienone is 2. The molecule has 6 nitrogen and oxygen atoms in total. The van der Waals surface area contributed by atoms with Crippen molar-refractivity contribution in [3.63, 3.8) is 0 Å². The lowest BCUT2D eigenvalue weighted by atomic mass is 9.34. The molecule has 176 valence electrons. The number of carbonyl (C=O) groups is 3. The van der Waals surface area contributed by atoms with Crippen LogP contribution in [0, 0.1) is 51.8 Å². The molecule has 8 atom stereocenters. The van der Waals surface area contributed by atoms with Gasteiger partial charge in [0.1, 0.15) is 0 Å². The van der Waals surface area contributed by atoms with Gasteiger partial charge in [-0.3, -0.25) is 19.3 Å². The van der Waals surface area contributed by atoms with Crippen molar-refractivity contribution in [2.45, 2.75) is 66.2 Å². The van der Waals surface area contributed by atoms with Crippen molar-refractivity contribution in [1.82, 2.24) is 4.90 Å². The number of likely N-dealkylation sites (tertiary alicyclic amines) is 1. The minimum absolute atomic E-state index is 0.0422. The number of aliphatic hydroxyl groups excluding tert-OH is 1. The first-order valence-corrected chi connectivity index (χ1v) is 12.4. The summed E-state index contributed by atoms with van der Waals surface area (Å²) in [5.41, 5.74) is 0.0547. The molecule has 0 aromatic carbocycles. The van der Waals surface area contributed by atoms with Gasteiger partial charge in [0.05, 0.1) is 30.4 Å². The lowest BCUT2D eigenvalue weighted by Gasteiger charge is -2.68. The SMILES string of the molecule is CC(C)C1=C[C@@]23CC[C@H]4[C@](C)(CCC[C@@]4(C)C(=O)O)[C@@H]2C[C@H]1[C@H]1C(=O)N(CCO)C(=O)[C@@H]13. The molecule has 1 saturated heterocycles. The second-order valence-corrected chi connectivity index (χ2v) is 12.0. The van der Waals surface area contributed by atoms with Gasteiger partial charge in [-0.05, 0) is 68.1 Å². The number of carboxylic acids is 1. The number of fused-ring (bicyclic) bond motifs is 1. The first kappa shape index (κ1) is 22.1. The van der Waals surface area contributed by atoms with E-state index in [0.29, 0.717) is 12.3 Å². The molecule has 6 aliphatic rings. The van der Waals surface area contributed by atoms with Crippen molar-refractivity contribution >= 4 is 17.8 Å². The molecule has 3 saturated carbocycles. The van der Waals surface area contributed by atoms with Crippen LogP contribution in [0.15, 0.2) is 11.6 Å². The Kier molecular flexibility index (Phi) is 4.78. The Hall–Kier alpha value is -1.69. The highest BCUT2D eigenvalue weighted by Gasteiger charge is 2.73. The van der Waals surface area contributed by atoms with Gasteiger partial charge in [0, 0.05) is 5.41 Å². The summed E-state index contributed by atoms with van der Waals surface area (Å²) in [4.78, 5) is 40.7. The van der Waals surface area contributed by atoms with Gasteiger partial charge in [0.15, 0.2) is 0 Å². The zero-order chi connectivity index (χ0) is 23.2. The smallest absolute Gasteiger partial charge is 0.309 e. The molecular formula is C26H37NO5. The molecule has 1 spiro atoms. The molecule has 2 amide bonds. The van der Waals surface area contributed by atoms with Crippen LogP contribution in [0.2, 0.25) is 0 Å². The molecule has 2 bridgehead atoms. The highest BCUT2D eigenvalue weighted by atomic mass is 16.4. The van der Waals surface area contributed by atoms with Gasteiger partial charge in [0.2, 0.25) is 11.8 Å². The minimum atomic E-state index is -0.728. The van der Waals surface area contributed by atoms with Crippen LogP contribution in [0.5, 0.6) is 0 Å². The van der Waals surface area contributed by atoms with E-state index < -0.39 is 11.4 Å². The Morgan fingerprint density at radius 3 is 2.50 bits per heavy atom.